The number of para-hydroxylation sites is 1. The van der Waals surface area contributed by atoms with Gasteiger partial charge in [-0.1, -0.05) is 6.07 Å². The molecule has 2 rings (SSSR count). The van der Waals surface area contributed by atoms with Gasteiger partial charge in [0.05, 0.1) is 4.92 Å². The first kappa shape index (κ1) is 9.60. The molecule has 0 radical (unpaired) electrons. The molecule has 1 heterocycles. The third-order valence-electron chi connectivity index (χ3n) is 2.00. The maximum absolute atomic E-state index is 10.7. The maximum Gasteiger partial charge on any atom is 0.298 e. The first-order chi connectivity index (χ1) is 7.22. The number of benzene rings is 1. The van der Waals surface area contributed by atoms with Gasteiger partial charge in [0.2, 0.25) is 0 Å². The number of fused-ring (bicyclic) bond motifs is 1. The van der Waals surface area contributed by atoms with Crippen molar-refractivity contribution >= 4 is 16.8 Å². The van der Waals surface area contributed by atoms with E-state index in [0.29, 0.717) is 24.4 Å². The van der Waals surface area contributed by atoms with E-state index in [9.17, 15) is 10.1 Å². The summed E-state index contributed by atoms with van der Waals surface area (Å²) < 4.78 is 5.30. The Hall–Kier alpha value is -1.95. The minimum absolute atomic E-state index is 0.0421. The second kappa shape index (κ2) is 3.66. The summed E-state index contributed by atoms with van der Waals surface area (Å²) in [6.07, 6.45) is 0.478. The van der Waals surface area contributed by atoms with E-state index < -0.39 is 4.92 Å². The number of hydrogen-bond donors (Lipinski definition) is 1. The van der Waals surface area contributed by atoms with Gasteiger partial charge in [0.1, 0.15) is 0 Å². The Labute approximate surface area is 84.8 Å². The molecule has 6 nitrogen and oxygen atoms in total. The zero-order chi connectivity index (χ0) is 10.8. The summed E-state index contributed by atoms with van der Waals surface area (Å²) in [6, 6.07) is 4.62. The lowest BCUT2D eigenvalue weighted by molar-refractivity contribution is -0.383. The predicted molar refractivity (Wildman–Crippen MR) is 53.4 cm³/mol. The van der Waals surface area contributed by atoms with Crippen molar-refractivity contribution in [2.45, 2.75) is 6.42 Å². The Morgan fingerprint density at radius 1 is 1.53 bits per heavy atom. The van der Waals surface area contributed by atoms with E-state index in [4.69, 9.17) is 10.2 Å². The monoisotopic (exact) mass is 207 g/mol. The number of nitro benzene ring substituents is 1. The molecule has 0 saturated carbocycles. The van der Waals surface area contributed by atoms with E-state index in [1.807, 2.05) is 0 Å². The van der Waals surface area contributed by atoms with Crippen LogP contribution in [-0.2, 0) is 6.42 Å². The van der Waals surface area contributed by atoms with Gasteiger partial charge >= 0.3 is 0 Å². The summed E-state index contributed by atoms with van der Waals surface area (Å²) in [4.78, 5) is 14.2. The number of hydrogen-bond acceptors (Lipinski definition) is 5. The topological polar surface area (TPSA) is 95.2 Å². The molecule has 78 valence electrons. The molecule has 0 aliphatic carbocycles. The number of rotatable bonds is 3. The summed E-state index contributed by atoms with van der Waals surface area (Å²) in [7, 11) is 0. The highest BCUT2D eigenvalue weighted by molar-refractivity contribution is 5.82. The molecule has 0 unspecified atom stereocenters. The van der Waals surface area contributed by atoms with E-state index >= 15 is 0 Å². The number of nitrogens with zero attached hydrogens (tertiary/aromatic N) is 2. The van der Waals surface area contributed by atoms with E-state index in [2.05, 4.69) is 4.98 Å². The number of oxazole rings is 1. The van der Waals surface area contributed by atoms with Crippen molar-refractivity contribution < 1.29 is 9.34 Å². The maximum atomic E-state index is 10.7. The fraction of sp³-hybridized carbons (Fsp3) is 0.222. The van der Waals surface area contributed by atoms with E-state index in [1.165, 1.54) is 6.07 Å². The Kier molecular flexibility index (Phi) is 2.34. The van der Waals surface area contributed by atoms with Crippen LogP contribution >= 0.6 is 0 Å². The van der Waals surface area contributed by atoms with Crippen LogP contribution in [0.1, 0.15) is 5.89 Å². The van der Waals surface area contributed by atoms with Gasteiger partial charge in [-0.25, -0.2) is 4.98 Å². The molecule has 0 fully saturated rings. The molecule has 1 aromatic heterocycles. The molecule has 2 N–H and O–H groups in total. The van der Waals surface area contributed by atoms with Crippen LogP contribution in [0.5, 0.6) is 0 Å². The van der Waals surface area contributed by atoms with Crippen LogP contribution in [0, 0.1) is 10.1 Å². The number of non-ortho nitro benzene ring substituents is 1. The smallest absolute Gasteiger partial charge is 0.298 e. The minimum Gasteiger partial charge on any atom is -0.440 e. The van der Waals surface area contributed by atoms with Crippen molar-refractivity contribution in [3.63, 3.8) is 0 Å². The molecule has 2 aromatic rings. The highest BCUT2D eigenvalue weighted by atomic mass is 16.6. The fourth-order valence-corrected chi connectivity index (χ4v) is 1.36. The zero-order valence-corrected chi connectivity index (χ0v) is 7.84. The average Bonchev–Trinajstić information content (AvgIpc) is 2.59. The molecule has 15 heavy (non-hydrogen) atoms. The van der Waals surface area contributed by atoms with E-state index in [0.717, 1.165) is 0 Å². The molecule has 0 aliphatic rings. The Bertz CT molecular complexity index is 506. The summed E-state index contributed by atoms with van der Waals surface area (Å²) in [5.41, 5.74) is 6.01. The lowest BCUT2D eigenvalue weighted by atomic mass is 10.3. The van der Waals surface area contributed by atoms with Crippen LogP contribution in [-0.4, -0.2) is 16.5 Å². The van der Waals surface area contributed by atoms with Crippen LogP contribution in [0.2, 0.25) is 0 Å². The molecule has 0 spiro atoms. The molecule has 0 aliphatic heterocycles. The molecular formula is C9H9N3O3. The third-order valence-corrected chi connectivity index (χ3v) is 2.00. The predicted octanol–water partition coefficient (Wildman–Crippen LogP) is 1.24. The first-order valence-electron chi connectivity index (χ1n) is 4.45. The van der Waals surface area contributed by atoms with Crippen molar-refractivity contribution in [3.8, 4) is 0 Å². The molecular weight excluding hydrogens is 198 g/mol. The normalized spacial score (nSPS) is 10.7. The van der Waals surface area contributed by atoms with Crippen molar-refractivity contribution in [3.05, 3.63) is 34.2 Å². The number of aromatic nitrogens is 1. The standard InChI is InChI=1S/C9H9N3O3/c10-5-4-8-11-9-6(12(13)14)2-1-3-7(9)15-8/h1-3H,4-5,10H2. The summed E-state index contributed by atoms with van der Waals surface area (Å²) >= 11 is 0. The largest absolute Gasteiger partial charge is 0.440 e. The minimum atomic E-state index is -0.475. The zero-order valence-electron chi connectivity index (χ0n) is 7.84. The first-order valence-corrected chi connectivity index (χ1v) is 4.45. The van der Waals surface area contributed by atoms with Gasteiger partial charge in [-0.2, -0.15) is 0 Å². The van der Waals surface area contributed by atoms with E-state index in [1.54, 1.807) is 12.1 Å². The van der Waals surface area contributed by atoms with Crippen LogP contribution in [0.3, 0.4) is 0 Å². The summed E-state index contributed by atoms with van der Waals surface area (Å²) in [5, 5.41) is 10.7. The van der Waals surface area contributed by atoms with Crippen molar-refractivity contribution in [1.82, 2.24) is 4.98 Å². The van der Waals surface area contributed by atoms with Gasteiger partial charge in [0, 0.05) is 19.0 Å². The molecule has 1 aromatic carbocycles. The lowest BCUT2D eigenvalue weighted by Crippen LogP contribution is -2.02. The number of nitro groups is 1. The van der Waals surface area contributed by atoms with E-state index in [-0.39, 0.29) is 11.2 Å². The Balaban J connectivity index is 2.59. The summed E-state index contributed by atoms with van der Waals surface area (Å²) in [6.45, 7) is 0.403. The fourth-order valence-electron chi connectivity index (χ4n) is 1.36. The lowest BCUT2D eigenvalue weighted by Gasteiger charge is -1.89. The van der Waals surface area contributed by atoms with Gasteiger partial charge < -0.3 is 10.2 Å². The molecule has 0 saturated heterocycles. The van der Waals surface area contributed by atoms with Crippen molar-refractivity contribution in [2.75, 3.05) is 6.54 Å². The molecule has 0 bridgehead atoms. The molecule has 0 amide bonds. The summed E-state index contributed by atoms with van der Waals surface area (Å²) in [5.74, 6) is 0.432. The SMILES string of the molecule is NCCc1nc2c([N+](=O)[O-])cccc2o1. The van der Waals surface area contributed by atoms with Gasteiger partial charge in [0.25, 0.3) is 5.69 Å². The number of nitrogens with two attached hydrogens (primary N) is 1. The van der Waals surface area contributed by atoms with Gasteiger partial charge in [0.15, 0.2) is 17.0 Å². The second-order valence-electron chi connectivity index (χ2n) is 3.03. The van der Waals surface area contributed by atoms with Crippen LogP contribution in [0.4, 0.5) is 5.69 Å². The second-order valence-corrected chi connectivity index (χ2v) is 3.03. The van der Waals surface area contributed by atoms with Crippen LogP contribution in [0.25, 0.3) is 11.1 Å². The van der Waals surface area contributed by atoms with Gasteiger partial charge in [-0.3, -0.25) is 10.1 Å². The average molecular weight is 207 g/mol. The van der Waals surface area contributed by atoms with Gasteiger partial charge in [-0.05, 0) is 6.07 Å². The molecule has 0 atom stereocenters. The van der Waals surface area contributed by atoms with Gasteiger partial charge in [-0.15, -0.1) is 0 Å². The third kappa shape index (κ3) is 1.66. The van der Waals surface area contributed by atoms with Crippen LogP contribution < -0.4 is 5.73 Å². The van der Waals surface area contributed by atoms with Crippen LogP contribution in [0.15, 0.2) is 22.6 Å². The highest BCUT2D eigenvalue weighted by Crippen LogP contribution is 2.25. The van der Waals surface area contributed by atoms with Crippen molar-refractivity contribution in [2.24, 2.45) is 5.73 Å². The highest BCUT2D eigenvalue weighted by Gasteiger charge is 2.16. The Morgan fingerprint density at radius 2 is 2.33 bits per heavy atom. The quantitative estimate of drug-likeness (QED) is 0.603. The Morgan fingerprint density at radius 3 is 3.00 bits per heavy atom. The molecule has 6 heteroatoms. The van der Waals surface area contributed by atoms with Crippen molar-refractivity contribution in [1.29, 1.82) is 0 Å².